The van der Waals surface area contributed by atoms with Crippen LogP contribution < -0.4 is 0 Å². The predicted octanol–water partition coefficient (Wildman–Crippen LogP) is 1.34. The molecule has 2 rings (SSSR count). The summed E-state index contributed by atoms with van der Waals surface area (Å²) in [5.41, 5.74) is 3.69. The lowest BCUT2D eigenvalue weighted by Gasteiger charge is -2.05. The minimum atomic E-state index is 0.549. The van der Waals surface area contributed by atoms with Gasteiger partial charge >= 0.3 is 0 Å². The largest absolute Gasteiger partial charge is 0.298 e. The minimum absolute atomic E-state index is 0.549. The van der Waals surface area contributed by atoms with E-state index in [4.69, 9.17) is 0 Å². The molecule has 5 heteroatoms. The Hall–Kier alpha value is -1.91. The first-order chi connectivity index (χ1) is 7.56. The second kappa shape index (κ2) is 3.59. The van der Waals surface area contributed by atoms with Gasteiger partial charge in [-0.3, -0.25) is 9.48 Å². The highest BCUT2D eigenvalue weighted by Crippen LogP contribution is 2.18. The number of carbonyl (C=O) groups is 1. The van der Waals surface area contributed by atoms with Crippen molar-refractivity contribution in [2.45, 2.75) is 20.8 Å². The lowest BCUT2D eigenvalue weighted by molar-refractivity contribution is 0.112. The third kappa shape index (κ3) is 1.36. The maximum atomic E-state index is 10.9. The van der Waals surface area contributed by atoms with Gasteiger partial charge < -0.3 is 0 Å². The summed E-state index contributed by atoms with van der Waals surface area (Å²) in [5.74, 6) is 0.712. The Balaban J connectivity index is 2.71. The van der Waals surface area contributed by atoms with E-state index in [9.17, 15) is 4.79 Å². The van der Waals surface area contributed by atoms with Crippen LogP contribution in [0.3, 0.4) is 0 Å². The highest BCUT2D eigenvalue weighted by Gasteiger charge is 2.15. The maximum Gasteiger partial charge on any atom is 0.162 e. The average Bonchev–Trinajstić information content (AvgIpc) is 2.74. The van der Waals surface area contributed by atoms with Crippen LogP contribution in [0.15, 0.2) is 6.20 Å². The van der Waals surface area contributed by atoms with E-state index in [2.05, 4.69) is 10.2 Å². The smallest absolute Gasteiger partial charge is 0.162 e. The fourth-order valence-corrected chi connectivity index (χ4v) is 1.72. The van der Waals surface area contributed by atoms with Gasteiger partial charge in [-0.05, 0) is 26.3 Å². The first-order valence-corrected chi connectivity index (χ1v) is 5.06. The molecule has 2 aromatic rings. The number of rotatable bonds is 2. The van der Waals surface area contributed by atoms with Gasteiger partial charge in [0.05, 0.1) is 17.5 Å². The van der Waals surface area contributed by atoms with E-state index in [0.717, 1.165) is 23.2 Å². The van der Waals surface area contributed by atoms with Crippen LogP contribution in [-0.2, 0) is 7.05 Å². The second-order valence-corrected chi connectivity index (χ2v) is 3.87. The lowest BCUT2D eigenvalue weighted by Crippen LogP contribution is -2.08. The summed E-state index contributed by atoms with van der Waals surface area (Å²) in [6.07, 6.45) is 2.35. The summed E-state index contributed by atoms with van der Waals surface area (Å²) in [5, 5.41) is 8.49. The van der Waals surface area contributed by atoms with E-state index in [1.54, 1.807) is 22.6 Å². The molecule has 0 aliphatic heterocycles. The summed E-state index contributed by atoms with van der Waals surface area (Å²) < 4.78 is 3.42. The molecule has 0 atom stereocenters. The fraction of sp³-hybridized carbons (Fsp3) is 0.364. The number of aryl methyl sites for hydroxylation is 2. The number of aldehydes is 1. The minimum Gasteiger partial charge on any atom is -0.298 e. The van der Waals surface area contributed by atoms with Crippen molar-refractivity contribution >= 4 is 6.29 Å². The van der Waals surface area contributed by atoms with E-state index in [0.29, 0.717) is 11.4 Å². The van der Waals surface area contributed by atoms with E-state index in [1.165, 1.54) is 0 Å². The third-order valence-corrected chi connectivity index (χ3v) is 2.92. The molecule has 0 aliphatic carbocycles. The van der Waals surface area contributed by atoms with Gasteiger partial charge in [0, 0.05) is 12.7 Å². The summed E-state index contributed by atoms with van der Waals surface area (Å²) >= 11 is 0. The van der Waals surface area contributed by atoms with Crippen molar-refractivity contribution < 1.29 is 4.79 Å². The second-order valence-electron chi connectivity index (χ2n) is 3.87. The molecule has 0 radical (unpaired) electrons. The van der Waals surface area contributed by atoms with Gasteiger partial charge in [-0.2, -0.15) is 10.2 Å². The zero-order valence-corrected chi connectivity index (χ0v) is 9.85. The van der Waals surface area contributed by atoms with Crippen LogP contribution in [0.2, 0.25) is 0 Å². The quantitative estimate of drug-likeness (QED) is 0.715. The molecule has 0 aromatic carbocycles. The van der Waals surface area contributed by atoms with Crippen LogP contribution in [0.1, 0.15) is 27.3 Å². The maximum absolute atomic E-state index is 10.9. The first kappa shape index (κ1) is 10.6. The summed E-state index contributed by atoms with van der Waals surface area (Å²) in [4.78, 5) is 10.9. The van der Waals surface area contributed by atoms with Crippen molar-refractivity contribution in [3.05, 3.63) is 28.7 Å². The monoisotopic (exact) mass is 218 g/mol. The molecule has 84 valence electrons. The van der Waals surface area contributed by atoms with Gasteiger partial charge in [0.15, 0.2) is 12.1 Å². The molecular weight excluding hydrogens is 204 g/mol. The zero-order chi connectivity index (χ0) is 11.9. The molecule has 0 unspecified atom stereocenters. The number of hydrogen-bond acceptors (Lipinski definition) is 3. The molecule has 16 heavy (non-hydrogen) atoms. The molecule has 2 aromatic heterocycles. The Bertz CT molecular complexity index is 551. The lowest BCUT2D eigenvalue weighted by atomic mass is 10.2. The molecule has 0 bridgehead atoms. The van der Waals surface area contributed by atoms with Crippen molar-refractivity contribution in [3.63, 3.8) is 0 Å². The van der Waals surface area contributed by atoms with Crippen molar-refractivity contribution in [2.24, 2.45) is 7.05 Å². The topological polar surface area (TPSA) is 52.7 Å². The van der Waals surface area contributed by atoms with E-state index >= 15 is 0 Å². The molecule has 0 N–H and O–H groups in total. The number of aromatic nitrogens is 4. The molecule has 5 nitrogen and oxygen atoms in total. The molecule has 0 spiro atoms. The van der Waals surface area contributed by atoms with E-state index < -0.39 is 0 Å². The first-order valence-electron chi connectivity index (χ1n) is 5.06. The van der Waals surface area contributed by atoms with Gasteiger partial charge in [0.1, 0.15) is 0 Å². The van der Waals surface area contributed by atoms with Gasteiger partial charge in [-0.15, -0.1) is 0 Å². The van der Waals surface area contributed by atoms with Crippen molar-refractivity contribution in [3.8, 4) is 5.82 Å². The normalized spacial score (nSPS) is 10.8. The van der Waals surface area contributed by atoms with Crippen LogP contribution in [0.4, 0.5) is 0 Å². The van der Waals surface area contributed by atoms with Gasteiger partial charge in [0.2, 0.25) is 0 Å². The molecule has 0 saturated heterocycles. The highest BCUT2D eigenvalue weighted by molar-refractivity contribution is 5.79. The molecular formula is C11H14N4O. The van der Waals surface area contributed by atoms with Crippen molar-refractivity contribution in [1.82, 2.24) is 19.6 Å². The summed E-state index contributed by atoms with van der Waals surface area (Å²) in [6, 6.07) is 0. The Kier molecular flexibility index (Phi) is 2.38. The SMILES string of the molecule is Cc1nn(-c2c(C=O)cnn2C)c(C)c1C. The van der Waals surface area contributed by atoms with Crippen LogP contribution >= 0.6 is 0 Å². The Morgan fingerprint density at radius 2 is 2.00 bits per heavy atom. The standard InChI is InChI=1S/C11H14N4O/c1-7-8(2)13-15(9(7)3)11-10(6-16)5-12-14(11)4/h5-6H,1-4H3. The molecule has 2 heterocycles. The van der Waals surface area contributed by atoms with Crippen molar-refractivity contribution in [2.75, 3.05) is 0 Å². The summed E-state index contributed by atoms with van der Waals surface area (Å²) in [6.45, 7) is 5.96. The van der Waals surface area contributed by atoms with Crippen molar-refractivity contribution in [1.29, 1.82) is 0 Å². The van der Waals surface area contributed by atoms with Crippen LogP contribution in [0, 0.1) is 20.8 Å². The zero-order valence-electron chi connectivity index (χ0n) is 9.85. The van der Waals surface area contributed by atoms with E-state index in [1.807, 2.05) is 20.8 Å². The van der Waals surface area contributed by atoms with Gasteiger partial charge in [0.25, 0.3) is 0 Å². The van der Waals surface area contributed by atoms with Crippen LogP contribution in [-0.4, -0.2) is 25.8 Å². The molecule has 0 saturated carbocycles. The highest BCUT2D eigenvalue weighted by atomic mass is 16.1. The third-order valence-electron chi connectivity index (χ3n) is 2.92. The number of nitrogens with zero attached hydrogens (tertiary/aromatic N) is 4. The molecule has 0 aliphatic rings. The Morgan fingerprint density at radius 3 is 2.50 bits per heavy atom. The van der Waals surface area contributed by atoms with E-state index in [-0.39, 0.29) is 0 Å². The molecule has 0 fully saturated rings. The van der Waals surface area contributed by atoms with Crippen LogP contribution in [0.25, 0.3) is 5.82 Å². The summed E-state index contributed by atoms with van der Waals surface area (Å²) in [7, 11) is 1.80. The van der Waals surface area contributed by atoms with Crippen LogP contribution in [0.5, 0.6) is 0 Å². The Labute approximate surface area is 93.7 Å². The number of carbonyl (C=O) groups excluding carboxylic acids is 1. The molecule has 0 amide bonds. The average molecular weight is 218 g/mol. The number of hydrogen-bond donors (Lipinski definition) is 0. The predicted molar refractivity (Wildman–Crippen MR) is 59.9 cm³/mol. The van der Waals surface area contributed by atoms with Gasteiger partial charge in [-0.1, -0.05) is 0 Å². The Morgan fingerprint density at radius 1 is 1.31 bits per heavy atom. The fourth-order valence-electron chi connectivity index (χ4n) is 1.72. The van der Waals surface area contributed by atoms with Gasteiger partial charge in [-0.25, -0.2) is 4.68 Å².